The molecule has 7 nitrogen and oxygen atoms in total. The minimum atomic E-state index is -0.697. The van der Waals surface area contributed by atoms with Gasteiger partial charge in [-0.15, -0.1) is 0 Å². The standard InChI is InChI=1S/C26H29N3O4/c1-20(2)17-23(27-25(31)14-13-21-9-5-3-6-10-21)24(30)18-28-19-29(33-26(28)32)16-15-22-11-7-4-8-12-22/h3-14,19-20,23H,15-18H2,1-2H3/p+1/t23-/m0/s1. The van der Waals surface area contributed by atoms with Crippen molar-refractivity contribution in [1.29, 1.82) is 0 Å². The lowest BCUT2D eigenvalue weighted by atomic mass is 10.00. The first-order chi connectivity index (χ1) is 15.9. The Labute approximate surface area is 193 Å². The van der Waals surface area contributed by atoms with E-state index in [0.29, 0.717) is 19.4 Å². The Balaban J connectivity index is 1.62. The first-order valence-electron chi connectivity index (χ1n) is 11.1. The van der Waals surface area contributed by atoms with Gasteiger partial charge in [-0.05, 0) is 29.5 Å². The van der Waals surface area contributed by atoms with Crippen LogP contribution < -0.4 is 15.8 Å². The fraction of sp³-hybridized carbons (Fsp3) is 0.308. The van der Waals surface area contributed by atoms with Crippen LogP contribution >= 0.6 is 0 Å². The molecule has 33 heavy (non-hydrogen) atoms. The summed E-state index contributed by atoms with van der Waals surface area (Å²) in [6.45, 7) is 4.28. The van der Waals surface area contributed by atoms with E-state index in [2.05, 4.69) is 5.32 Å². The molecule has 0 bridgehead atoms. The summed E-state index contributed by atoms with van der Waals surface area (Å²) in [5.41, 5.74) is 2.02. The fourth-order valence-electron chi connectivity index (χ4n) is 3.45. The summed E-state index contributed by atoms with van der Waals surface area (Å²) in [4.78, 5) is 37.6. The summed E-state index contributed by atoms with van der Waals surface area (Å²) in [7, 11) is 0. The van der Waals surface area contributed by atoms with E-state index in [1.54, 1.807) is 6.08 Å². The molecular weight excluding hydrogens is 418 g/mol. The van der Waals surface area contributed by atoms with E-state index in [-0.39, 0.29) is 24.2 Å². The van der Waals surface area contributed by atoms with Gasteiger partial charge in [-0.1, -0.05) is 79.3 Å². The van der Waals surface area contributed by atoms with Gasteiger partial charge in [0.1, 0.15) is 6.54 Å². The predicted molar refractivity (Wildman–Crippen MR) is 125 cm³/mol. The normalized spacial score (nSPS) is 12.2. The SMILES string of the molecule is CC(C)C[C@H](NC(=O)C=Cc1ccccc1)C(=O)Cn1c[n+](CCc2ccccc2)oc1=O. The van der Waals surface area contributed by atoms with Crippen LogP contribution in [0.25, 0.3) is 6.08 Å². The largest absolute Gasteiger partial charge is 0.549 e. The van der Waals surface area contributed by atoms with Gasteiger partial charge >= 0.3 is 5.76 Å². The van der Waals surface area contributed by atoms with Crippen molar-refractivity contribution in [2.24, 2.45) is 5.92 Å². The maximum absolute atomic E-state index is 12.9. The molecule has 0 unspecified atom stereocenters. The van der Waals surface area contributed by atoms with Crippen LogP contribution in [0.15, 0.2) is 82.4 Å². The number of ketones is 1. The topological polar surface area (TPSA) is 85.2 Å². The number of Topliss-reactive ketones (excluding diaryl/α,β-unsaturated/α-hetero) is 1. The van der Waals surface area contributed by atoms with Crippen LogP contribution in [0.1, 0.15) is 31.4 Å². The van der Waals surface area contributed by atoms with Gasteiger partial charge in [0.15, 0.2) is 12.3 Å². The Morgan fingerprint density at radius 2 is 1.73 bits per heavy atom. The van der Waals surface area contributed by atoms with Crippen molar-refractivity contribution in [3.8, 4) is 0 Å². The highest BCUT2D eigenvalue weighted by Crippen LogP contribution is 2.08. The van der Waals surface area contributed by atoms with Crippen LogP contribution in [0.5, 0.6) is 0 Å². The number of amides is 1. The average molecular weight is 449 g/mol. The van der Waals surface area contributed by atoms with Gasteiger partial charge in [0, 0.05) is 12.5 Å². The van der Waals surface area contributed by atoms with E-state index < -0.39 is 11.8 Å². The summed E-state index contributed by atoms with van der Waals surface area (Å²) in [6.07, 6.45) is 5.79. The third kappa shape index (κ3) is 7.71. The molecule has 1 atom stereocenters. The molecule has 3 aromatic rings. The number of nitrogens with one attached hydrogen (secondary N) is 1. The number of nitrogens with zero attached hydrogens (tertiary/aromatic N) is 2. The Morgan fingerprint density at radius 1 is 1.06 bits per heavy atom. The van der Waals surface area contributed by atoms with Crippen LogP contribution in [0, 0.1) is 5.92 Å². The summed E-state index contributed by atoms with van der Waals surface area (Å²) in [6, 6.07) is 18.6. The number of aromatic nitrogens is 2. The van der Waals surface area contributed by atoms with Crippen LogP contribution in [0.3, 0.4) is 0 Å². The average Bonchev–Trinajstić information content (AvgIpc) is 3.16. The van der Waals surface area contributed by atoms with E-state index in [0.717, 1.165) is 11.1 Å². The van der Waals surface area contributed by atoms with Crippen molar-refractivity contribution in [2.75, 3.05) is 0 Å². The molecule has 7 heteroatoms. The summed E-state index contributed by atoms with van der Waals surface area (Å²) >= 11 is 0. The summed E-state index contributed by atoms with van der Waals surface area (Å²) in [5, 5.41) is 2.78. The molecule has 0 fully saturated rings. The van der Waals surface area contributed by atoms with Crippen molar-refractivity contribution < 1.29 is 18.9 Å². The quantitative estimate of drug-likeness (QED) is 0.361. The molecule has 3 rings (SSSR count). The molecule has 2 aromatic carbocycles. The van der Waals surface area contributed by atoms with E-state index in [4.69, 9.17) is 4.52 Å². The third-order valence-corrected chi connectivity index (χ3v) is 5.13. The molecule has 1 N–H and O–H groups in total. The number of hydrogen-bond acceptors (Lipinski definition) is 4. The first kappa shape index (κ1) is 23.9. The van der Waals surface area contributed by atoms with Gasteiger partial charge in [-0.3, -0.25) is 9.59 Å². The van der Waals surface area contributed by atoms with Crippen molar-refractivity contribution in [3.63, 3.8) is 0 Å². The van der Waals surface area contributed by atoms with Crippen molar-refractivity contribution >= 4 is 17.8 Å². The third-order valence-electron chi connectivity index (χ3n) is 5.13. The second kappa shape index (κ2) is 11.8. The first-order valence-corrected chi connectivity index (χ1v) is 11.1. The lowest BCUT2D eigenvalue weighted by Crippen LogP contribution is -2.43. The van der Waals surface area contributed by atoms with Gasteiger partial charge in [0.2, 0.25) is 5.91 Å². The number of carbonyl (C=O) groups excluding carboxylic acids is 2. The van der Waals surface area contributed by atoms with Crippen molar-refractivity contribution in [2.45, 2.75) is 45.8 Å². The van der Waals surface area contributed by atoms with Crippen LogP contribution in [-0.4, -0.2) is 22.3 Å². The molecule has 172 valence electrons. The highest BCUT2D eigenvalue weighted by Gasteiger charge is 2.25. The minimum Gasteiger partial charge on any atom is -0.343 e. The molecule has 0 saturated heterocycles. The molecule has 1 amide bonds. The zero-order valence-electron chi connectivity index (χ0n) is 19.0. The lowest BCUT2D eigenvalue weighted by Gasteiger charge is -2.17. The highest BCUT2D eigenvalue weighted by atomic mass is 16.5. The zero-order valence-corrected chi connectivity index (χ0v) is 19.0. The van der Waals surface area contributed by atoms with Gasteiger partial charge in [-0.25, -0.2) is 4.52 Å². The highest BCUT2D eigenvalue weighted by molar-refractivity contribution is 5.96. The maximum Gasteiger partial charge on any atom is 0.549 e. The van der Waals surface area contributed by atoms with Crippen LogP contribution in [0.2, 0.25) is 0 Å². The smallest absolute Gasteiger partial charge is 0.343 e. The Kier molecular flexibility index (Phi) is 8.52. The molecule has 0 aliphatic rings. The monoisotopic (exact) mass is 448 g/mol. The Bertz CT molecular complexity index is 1130. The second-order valence-corrected chi connectivity index (χ2v) is 8.38. The van der Waals surface area contributed by atoms with Gasteiger partial charge in [0.05, 0.1) is 6.04 Å². The molecular formula is C26H30N3O4+. The second-order valence-electron chi connectivity index (χ2n) is 8.38. The summed E-state index contributed by atoms with van der Waals surface area (Å²) < 4.78 is 7.91. The zero-order chi connectivity index (χ0) is 23.6. The minimum absolute atomic E-state index is 0.166. The van der Waals surface area contributed by atoms with Crippen molar-refractivity contribution in [3.05, 3.63) is 94.7 Å². The lowest BCUT2D eigenvalue weighted by molar-refractivity contribution is -0.866. The maximum atomic E-state index is 12.9. The van der Waals surface area contributed by atoms with E-state index in [9.17, 15) is 14.4 Å². The Hall–Kier alpha value is -3.74. The molecule has 0 spiro atoms. The number of benzene rings is 2. The number of hydrogen-bond donors (Lipinski definition) is 1. The van der Waals surface area contributed by atoms with Crippen molar-refractivity contribution in [1.82, 2.24) is 9.88 Å². The van der Waals surface area contributed by atoms with Gasteiger partial charge in [0.25, 0.3) is 6.33 Å². The van der Waals surface area contributed by atoms with E-state index in [1.807, 2.05) is 74.5 Å². The molecule has 1 heterocycles. The molecule has 0 saturated carbocycles. The molecule has 0 radical (unpaired) electrons. The van der Waals surface area contributed by atoms with Gasteiger partial charge < -0.3 is 5.32 Å². The summed E-state index contributed by atoms with van der Waals surface area (Å²) in [5.74, 6) is -1.01. The molecule has 0 aliphatic heterocycles. The fourth-order valence-corrected chi connectivity index (χ4v) is 3.45. The number of aryl methyl sites for hydroxylation is 2. The number of rotatable bonds is 11. The van der Waals surface area contributed by atoms with E-state index in [1.165, 1.54) is 21.7 Å². The molecule has 0 aliphatic carbocycles. The van der Waals surface area contributed by atoms with Gasteiger partial charge in [-0.2, -0.15) is 9.36 Å². The van der Waals surface area contributed by atoms with Crippen LogP contribution in [0.4, 0.5) is 0 Å². The van der Waals surface area contributed by atoms with E-state index >= 15 is 0 Å². The Morgan fingerprint density at radius 3 is 2.39 bits per heavy atom. The predicted octanol–water partition coefficient (Wildman–Crippen LogP) is 2.78. The van der Waals surface area contributed by atoms with Crippen LogP contribution in [-0.2, 0) is 29.1 Å². The number of carbonyl (C=O) groups is 2. The molecule has 1 aromatic heterocycles.